The zero-order valence-corrected chi connectivity index (χ0v) is 14.3. The normalized spacial score (nSPS) is 13.6. The lowest BCUT2D eigenvalue weighted by molar-refractivity contribution is 0.108. The third kappa shape index (κ3) is 3.45. The zero-order valence-electron chi connectivity index (χ0n) is 14.3. The highest BCUT2D eigenvalue weighted by atomic mass is 16.5. The van der Waals surface area contributed by atoms with Gasteiger partial charge in [-0.1, -0.05) is 12.1 Å². The third-order valence-electron chi connectivity index (χ3n) is 4.46. The smallest absolute Gasteiger partial charge is 0.0886 e. The van der Waals surface area contributed by atoms with E-state index in [9.17, 15) is 0 Å². The molecule has 1 aliphatic rings. The molecule has 0 saturated carbocycles. The molecule has 25 heavy (non-hydrogen) atoms. The van der Waals surface area contributed by atoms with Crippen molar-refractivity contribution in [3.8, 4) is 11.4 Å². The molecule has 6 heteroatoms. The van der Waals surface area contributed by atoms with Crippen molar-refractivity contribution in [2.75, 3.05) is 6.61 Å². The molecule has 0 atom stereocenters. The van der Waals surface area contributed by atoms with Crippen molar-refractivity contribution < 1.29 is 4.74 Å². The van der Waals surface area contributed by atoms with Gasteiger partial charge in [-0.15, -0.1) is 0 Å². The molecule has 4 heterocycles. The second-order valence-electron chi connectivity index (χ2n) is 6.17. The minimum absolute atomic E-state index is 0.667. The van der Waals surface area contributed by atoms with E-state index in [0.29, 0.717) is 6.61 Å². The van der Waals surface area contributed by atoms with Crippen molar-refractivity contribution in [2.45, 2.75) is 26.1 Å². The van der Waals surface area contributed by atoms with Crippen LogP contribution in [0, 0.1) is 0 Å². The molecule has 6 nitrogen and oxygen atoms in total. The number of fused-ring (bicyclic) bond motifs is 1. The number of nitrogens with one attached hydrogen (secondary N) is 1. The van der Waals surface area contributed by atoms with E-state index in [1.165, 1.54) is 11.3 Å². The average Bonchev–Trinajstić information content (AvgIpc) is 2.99. The number of ether oxygens (including phenoxy) is 1. The third-order valence-corrected chi connectivity index (χ3v) is 4.46. The van der Waals surface area contributed by atoms with Crippen LogP contribution in [-0.4, -0.2) is 26.4 Å². The fourth-order valence-corrected chi connectivity index (χ4v) is 3.15. The number of aromatic nitrogens is 4. The maximum Gasteiger partial charge on any atom is 0.0886 e. The van der Waals surface area contributed by atoms with E-state index in [-0.39, 0.29) is 0 Å². The second-order valence-corrected chi connectivity index (χ2v) is 6.17. The first-order valence-corrected chi connectivity index (χ1v) is 8.49. The van der Waals surface area contributed by atoms with Crippen LogP contribution in [0.2, 0.25) is 0 Å². The van der Waals surface area contributed by atoms with Gasteiger partial charge in [0.1, 0.15) is 0 Å². The van der Waals surface area contributed by atoms with Gasteiger partial charge in [-0.2, -0.15) is 5.10 Å². The molecule has 4 rings (SSSR count). The molecule has 0 bridgehead atoms. The van der Waals surface area contributed by atoms with Crippen LogP contribution in [-0.2, 0) is 37.9 Å². The Morgan fingerprint density at radius 3 is 2.84 bits per heavy atom. The fraction of sp³-hybridized carbons (Fsp3) is 0.316. The van der Waals surface area contributed by atoms with E-state index in [4.69, 9.17) is 4.74 Å². The van der Waals surface area contributed by atoms with Gasteiger partial charge in [0.25, 0.3) is 0 Å². The highest BCUT2D eigenvalue weighted by Gasteiger charge is 2.19. The highest BCUT2D eigenvalue weighted by molar-refractivity contribution is 5.53. The predicted octanol–water partition coefficient (Wildman–Crippen LogP) is 2.24. The first kappa shape index (κ1) is 15.9. The van der Waals surface area contributed by atoms with E-state index in [1.807, 2.05) is 42.2 Å². The van der Waals surface area contributed by atoms with Crippen LogP contribution in [0.3, 0.4) is 0 Å². The summed E-state index contributed by atoms with van der Waals surface area (Å²) in [6, 6.07) is 9.93. The Hall–Kier alpha value is -2.57. The van der Waals surface area contributed by atoms with Crippen LogP contribution in [0.1, 0.15) is 22.5 Å². The lowest BCUT2D eigenvalue weighted by Crippen LogP contribution is -2.16. The Labute approximate surface area is 146 Å². The topological polar surface area (TPSA) is 64.9 Å². The van der Waals surface area contributed by atoms with Crippen molar-refractivity contribution in [2.24, 2.45) is 7.05 Å². The maximum absolute atomic E-state index is 5.57. The van der Waals surface area contributed by atoms with E-state index in [1.54, 1.807) is 6.20 Å². The quantitative estimate of drug-likeness (QED) is 0.775. The van der Waals surface area contributed by atoms with Crippen LogP contribution in [0.15, 0.2) is 42.7 Å². The largest absolute Gasteiger partial charge is 0.376 e. The monoisotopic (exact) mass is 335 g/mol. The standard InChI is InChI=1S/C19H21N5O/c1-24-19-7-9-25-13-15(19)18(23-24)12-20-10-14-5-6-17(22-11-14)16-4-2-3-8-21-16/h2-6,8,11,20H,7,9-10,12-13H2,1H3. The Balaban J connectivity index is 1.38. The molecule has 0 spiro atoms. The summed E-state index contributed by atoms with van der Waals surface area (Å²) in [7, 11) is 2.01. The molecular formula is C19H21N5O. The van der Waals surface area contributed by atoms with E-state index < -0.39 is 0 Å². The highest BCUT2D eigenvalue weighted by Crippen LogP contribution is 2.20. The summed E-state index contributed by atoms with van der Waals surface area (Å²) >= 11 is 0. The van der Waals surface area contributed by atoms with Gasteiger partial charge in [0.05, 0.1) is 30.3 Å². The lowest BCUT2D eigenvalue weighted by atomic mass is 10.1. The van der Waals surface area contributed by atoms with Crippen molar-refractivity contribution >= 4 is 0 Å². The summed E-state index contributed by atoms with van der Waals surface area (Å²) in [4.78, 5) is 8.83. The van der Waals surface area contributed by atoms with Crippen LogP contribution in [0.25, 0.3) is 11.4 Å². The molecule has 0 fully saturated rings. The van der Waals surface area contributed by atoms with E-state index >= 15 is 0 Å². The molecule has 0 amide bonds. The molecule has 0 saturated heterocycles. The van der Waals surface area contributed by atoms with Gasteiger partial charge in [0.15, 0.2) is 0 Å². The SMILES string of the molecule is Cn1nc(CNCc2ccc(-c3ccccn3)nc2)c2c1CCOC2. The van der Waals surface area contributed by atoms with Gasteiger partial charge < -0.3 is 10.1 Å². The molecule has 128 valence electrons. The summed E-state index contributed by atoms with van der Waals surface area (Å²) in [6.07, 6.45) is 4.62. The molecule has 1 aliphatic heterocycles. The summed E-state index contributed by atoms with van der Waals surface area (Å²) < 4.78 is 7.56. The molecule has 1 N–H and O–H groups in total. The number of aryl methyl sites for hydroxylation is 1. The van der Waals surface area contributed by atoms with E-state index in [0.717, 1.165) is 48.8 Å². The molecule has 3 aromatic heterocycles. The fourth-order valence-electron chi connectivity index (χ4n) is 3.15. The molecular weight excluding hydrogens is 314 g/mol. The summed E-state index contributed by atoms with van der Waals surface area (Å²) in [5.74, 6) is 0. The van der Waals surface area contributed by atoms with Crippen LogP contribution >= 0.6 is 0 Å². The van der Waals surface area contributed by atoms with Crippen molar-refractivity contribution in [1.82, 2.24) is 25.1 Å². The molecule has 0 radical (unpaired) electrons. The van der Waals surface area contributed by atoms with Gasteiger partial charge in [-0.05, 0) is 23.8 Å². The summed E-state index contributed by atoms with van der Waals surface area (Å²) in [5, 5.41) is 8.08. The number of hydrogen-bond acceptors (Lipinski definition) is 5. The summed E-state index contributed by atoms with van der Waals surface area (Å²) in [5.41, 5.74) is 6.53. The van der Waals surface area contributed by atoms with Crippen molar-refractivity contribution in [3.63, 3.8) is 0 Å². The maximum atomic E-state index is 5.57. The molecule has 0 unspecified atom stereocenters. The van der Waals surface area contributed by atoms with Crippen LogP contribution < -0.4 is 5.32 Å². The van der Waals surface area contributed by atoms with Gasteiger partial charge in [0.2, 0.25) is 0 Å². The van der Waals surface area contributed by atoms with E-state index in [2.05, 4.69) is 26.4 Å². The van der Waals surface area contributed by atoms with Crippen LogP contribution in [0.5, 0.6) is 0 Å². The number of rotatable bonds is 5. The Bertz CT molecular complexity index is 842. The van der Waals surface area contributed by atoms with Crippen molar-refractivity contribution in [1.29, 1.82) is 0 Å². The Kier molecular flexibility index (Phi) is 4.54. The van der Waals surface area contributed by atoms with Gasteiger partial charge in [-0.3, -0.25) is 14.6 Å². The predicted molar refractivity (Wildman–Crippen MR) is 94.6 cm³/mol. The second kappa shape index (κ2) is 7.13. The lowest BCUT2D eigenvalue weighted by Gasteiger charge is -2.13. The van der Waals surface area contributed by atoms with Crippen LogP contribution in [0.4, 0.5) is 0 Å². The molecule has 3 aromatic rings. The average molecular weight is 335 g/mol. The Morgan fingerprint density at radius 1 is 1.12 bits per heavy atom. The minimum atomic E-state index is 0.667. The van der Waals surface area contributed by atoms with Gasteiger partial charge >= 0.3 is 0 Å². The Morgan fingerprint density at radius 2 is 2.04 bits per heavy atom. The first-order valence-electron chi connectivity index (χ1n) is 8.49. The number of nitrogens with zero attached hydrogens (tertiary/aromatic N) is 4. The summed E-state index contributed by atoms with van der Waals surface area (Å²) in [6.45, 7) is 2.93. The number of hydrogen-bond donors (Lipinski definition) is 1. The molecule has 0 aliphatic carbocycles. The van der Waals surface area contributed by atoms with Crippen molar-refractivity contribution in [3.05, 3.63) is 65.2 Å². The molecule has 0 aromatic carbocycles. The van der Waals surface area contributed by atoms with Gasteiger partial charge in [0, 0.05) is 50.2 Å². The zero-order chi connectivity index (χ0) is 17.1. The number of pyridine rings is 2. The minimum Gasteiger partial charge on any atom is -0.376 e. The van der Waals surface area contributed by atoms with Gasteiger partial charge in [-0.25, -0.2) is 0 Å². The first-order chi connectivity index (χ1) is 12.3.